The zero-order chi connectivity index (χ0) is 19.2. The van der Waals surface area contributed by atoms with Gasteiger partial charge in [0.05, 0.1) is 19.3 Å². The largest absolute Gasteiger partial charge is 0.375 e. The predicted molar refractivity (Wildman–Crippen MR) is 113 cm³/mol. The molecule has 0 amide bonds. The van der Waals surface area contributed by atoms with E-state index in [4.69, 9.17) is 14.5 Å². The molecule has 2 unspecified atom stereocenters. The van der Waals surface area contributed by atoms with E-state index >= 15 is 0 Å². The van der Waals surface area contributed by atoms with Crippen LogP contribution >= 0.6 is 0 Å². The maximum absolute atomic E-state index is 5.99. The molecule has 3 aliphatic rings. The Labute approximate surface area is 168 Å². The van der Waals surface area contributed by atoms with Crippen molar-refractivity contribution in [1.29, 1.82) is 0 Å². The molecule has 0 aromatic heterocycles. The van der Waals surface area contributed by atoms with Gasteiger partial charge in [0, 0.05) is 45.0 Å². The molecule has 0 bridgehead atoms. The number of ether oxygens (including phenoxy) is 2. The fraction of sp³-hybridized carbons (Fsp3) is 0.591. The van der Waals surface area contributed by atoms with Gasteiger partial charge in [-0.1, -0.05) is 24.3 Å². The Bertz CT molecular complexity index is 674. The van der Waals surface area contributed by atoms with Crippen molar-refractivity contribution in [1.82, 2.24) is 10.2 Å². The van der Waals surface area contributed by atoms with Gasteiger partial charge in [-0.2, -0.15) is 0 Å². The van der Waals surface area contributed by atoms with Crippen molar-refractivity contribution in [3.05, 3.63) is 42.0 Å². The molecule has 0 aliphatic carbocycles. The van der Waals surface area contributed by atoms with Crippen LogP contribution in [0.2, 0.25) is 0 Å². The van der Waals surface area contributed by atoms with Gasteiger partial charge in [0.25, 0.3) is 0 Å². The van der Waals surface area contributed by atoms with Crippen LogP contribution in [-0.4, -0.2) is 69.0 Å². The second-order valence-corrected chi connectivity index (χ2v) is 7.62. The van der Waals surface area contributed by atoms with E-state index in [-0.39, 0.29) is 12.2 Å². The van der Waals surface area contributed by atoms with Gasteiger partial charge in [-0.15, -0.1) is 0 Å². The van der Waals surface area contributed by atoms with Crippen LogP contribution in [0.5, 0.6) is 0 Å². The summed E-state index contributed by atoms with van der Waals surface area (Å²) >= 11 is 0. The van der Waals surface area contributed by atoms with E-state index in [9.17, 15) is 0 Å². The third-order valence-electron chi connectivity index (χ3n) is 5.64. The maximum Gasteiger partial charge on any atom is 0.194 e. The highest BCUT2D eigenvalue weighted by atomic mass is 16.5. The summed E-state index contributed by atoms with van der Waals surface area (Å²) in [5.74, 6) is 0.974. The van der Waals surface area contributed by atoms with Gasteiger partial charge in [0.15, 0.2) is 5.96 Å². The molecule has 3 aliphatic heterocycles. The van der Waals surface area contributed by atoms with E-state index in [1.165, 1.54) is 11.3 Å². The predicted octanol–water partition coefficient (Wildman–Crippen LogP) is 2.41. The molecule has 2 saturated heterocycles. The average molecular weight is 385 g/mol. The first-order chi connectivity index (χ1) is 13.8. The number of anilines is 1. The van der Waals surface area contributed by atoms with Gasteiger partial charge in [-0.25, -0.2) is 4.99 Å². The smallest absolute Gasteiger partial charge is 0.194 e. The van der Waals surface area contributed by atoms with Crippen molar-refractivity contribution in [2.45, 2.75) is 38.5 Å². The summed E-state index contributed by atoms with van der Waals surface area (Å²) in [6, 6.07) is 8.78. The van der Waals surface area contributed by atoms with Crippen LogP contribution in [0.1, 0.15) is 25.3 Å². The number of aliphatic imine (C=N–C) groups is 1. The summed E-state index contributed by atoms with van der Waals surface area (Å²) in [6.07, 6.45) is 7.06. The molecule has 0 spiro atoms. The Morgan fingerprint density at radius 3 is 2.61 bits per heavy atom. The maximum atomic E-state index is 5.99. The number of hydrogen-bond donors (Lipinski definition) is 1. The van der Waals surface area contributed by atoms with Crippen molar-refractivity contribution in [3.8, 4) is 0 Å². The van der Waals surface area contributed by atoms with Crippen molar-refractivity contribution >= 4 is 11.6 Å². The number of guanidine groups is 1. The number of benzene rings is 1. The SMILES string of the molecule is CCNC(=NCc1ccc(N2CC=CC2)cc1)N1CCOC(C2CCCO2)C1. The first-order valence-corrected chi connectivity index (χ1v) is 10.6. The van der Waals surface area contributed by atoms with Gasteiger partial charge in [-0.3, -0.25) is 0 Å². The summed E-state index contributed by atoms with van der Waals surface area (Å²) in [7, 11) is 0. The van der Waals surface area contributed by atoms with Crippen molar-refractivity contribution in [2.75, 3.05) is 50.8 Å². The average Bonchev–Trinajstić information content (AvgIpc) is 3.46. The molecular formula is C22H32N4O2. The molecule has 6 heteroatoms. The Morgan fingerprint density at radius 1 is 1.11 bits per heavy atom. The number of morpholine rings is 1. The lowest BCUT2D eigenvalue weighted by molar-refractivity contribution is -0.0817. The Balaban J connectivity index is 1.38. The Kier molecular flexibility index (Phi) is 6.49. The lowest BCUT2D eigenvalue weighted by atomic mass is 10.1. The molecule has 0 saturated carbocycles. The highest BCUT2D eigenvalue weighted by Crippen LogP contribution is 2.21. The molecular weight excluding hydrogens is 352 g/mol. The number of hydrogen-bond acceptors (Lipinski definition) is 4. The number of rotatable bonds is 5. The molecule has 1 N–H and O–H groups in total. The second kappa shape index (κ2) is 9.43. The van der Waals surface area contributed by atoms with Crippen molar-refractivity contribution in [3.63, 3.8) is 0 Å². The van der Waals surface area contributed by atoms with E-state index in [1.807, 2.05) is 0 Å². The highest BCUT2D eigenvalue weighted by molar-refractivity contribution is 5.80. The molecule has 0 radical (unpaired) electrons. The van der Waals surface area contributed by atoms with Crippen LogP contribution in [0.3, 0.4) is 0 Å². The van der Waals surface area contributed by atoms with E-state index in [2.05, 4.69) is 58.5 Å². The van der Waals surface area contributed by atoms with Gasteiger partial charge >= 0.3 is 0 Å². The number of nitrogens with one attached hydrogen (secondary N) is 1. The minimum Gasteiger partial charge on any atom is -0.375 e. The molecule has 152 valence electrons. The monoisotopic (exact) mass is 384 g/mol. The fourth-order valence-electron chi connectivity index (χ4n) is 4.08. The standard InChI is InChI=1S/C22H32N4O2/c1-2-23-22(26-13-15-28-21(17-26)20-6-5-14-27-20)24-16-18-7-9-19(10-8-18)25-11-3-4-12-25/h3-4,7-10,20-21H,2,5-6,11-17H2,1H3,(H,23,24). The number of nitrogens with zero attached hydrogens (tertiary/aromatic N) is 3. The van der Waals surface area contributed by atoms with E-state index in [1.54, 1.807) is 0 Å². The zero-order valence-corrected chi connectivity index (χ0v) is 16.8. The lowest BCUT2D eigenvalue weighted by Crippen LogP contribution is -2.53. The minimum atomic E-state index is 0.147. The van der Waals surface area contributed by atoms with Crippen molar-refractivity contribution in [2.24, 2.45) is 4.99 Å². The molecule has 3 heterocycles. The van der Waals surface area contributed by atoms with Gasteiger partial charge < -0.3 is 24.6 Å². The van der Waals surface area contributed by atoms with Crippen LogP contribution in [-0.2, 0) is 16.0 Å². The quantitative estimate of drug-likeness (QED) is 0.480. The van der Waals surface area contributed by atoms with Gasteiger partial charge in [0.2, 0.25) is 0 Å². The van der Waals surface area contributed by atoms with E-state index < -0.39 is 0 Å². The summed E-state index contributed by atoms with van der Waals surface area (Å²) in [4.78, 5) is 9.59. The first-order valence-electron chi connectivity index (χ1n) is 10.6. The third kappa shape index (κ3) is 4.67. The fourth-order valence-corrected chi connectivity index (χ4v) is 4.08. The zero-order valence-electron chi connectivity index (χ0n) is 16.8. The summed E-state index contributed by atoms with van der Waals surface area (Å²) in [5.41, 5.74) is 2.51. The Morgan fingerprint density at radius 2 is 1.89 bits per heavy atom. The van der Waals surface area contributed by atoms with Crippen LogP contribution < -0.4 is 10.2 Å². The summed E-state index contributed by atoms with van der Waals surface area (Å²) in [6.45, 7) is 8.98. The van der Waals surface area contributed by atoms with Gasteiger partial charge in [-0.05, 0) is 37.5 Å². The summed E-state index contributed by atoms with van der Waals surface area (Å²) in [5, 5.41) is 3.45. The van der Waals surface area contributed by atoms with Crippen LogP contribution in [0.4, 0.5) is 5.69 Å². The molecule has 1 aromatic carbocycles. The first kappa shape index (κ1) is 19.3. The van der Waals surface area contributed by atoms with Crippen LogP contribution in [0, 0.1) is 0 Å². The molecule has 6 nitrogen and oxygen atoms in total. The normalized spacial score (nSPS) is 25.5. The molecule has 4 rings (SSSR count). The molecule has 28 heavy (non-hydrogen) atoms. The molecule has 2 fully saturated rings. The second-order valence-electron chi connectivity index (χ2n) is 7.62. The molecule has 2 atom stereocenters. The van der Waals surface area contributed by atoms with E-state index in [0.29, 0.717) is 6.54 Å². The highest BCUT2D eigenvalue weighted by Gasteiger charge is 2.32. The summed E-state index contributed by atoms with van der Waals surface area (Å²) < 4.78 is 11.8. The van der Waals surface area contributed by atoms with Crippen molar-refractivity contribution < 1.29 is 9.47 Å². The van der Waals surface area contributed by atoms with Gasteiger partial charge in [0.1, 0.15) is 6.10 Å². The topological polar surface area (TPSA) is 49.3 Å². The molecule has 1 aromatic rings. The van der Waals surface area contributed by atoms with E-state index in [0.717, 1.165) is 64.7 Å². The third-order valence-corrected chi connectivity index (χ3v) is 5.64. The minimum absolute atomic E-state index is 0.147. The lowest BCUT2D eigenvalue weighted by Gasteiger charge is -2.37. The van der Waals surface area contributed by atoms with Crippen LogP contribution in [0.25, 0.3) is 0 Å². The van der Waals surface area contributed by atoms with Crippen LogP contribution in [0.15, 0.2) is 41.4 Å². The Hall–Kier alpha value is -2.05.